The second-order valence-electron chi connectivity index (χ2n) is 6.87. The molecule has 0 bridgehead atoms. The van der Waals surface area contributed by atoms with Gasteiger partial charge >= 0.3 is 0 Å². The summed E-state index contributed by atoms with van der Waals surface area (Å²) in [7, 11) is 0. The van der Waals surface area contributed by atoms with Crippen LogP contribution in [-0.2, 0) is 5.41 Å². The smallest absolute Gasteiger partial charge is 0.119 e. The van der Waals surface area contributed by atoms with Gasteiger partial charge in [-0.05, 0) is 49.3 Å². The van der Waals surface area contributed by atoms with Crippen LogP contribution < -0.4 is 10.1 Å². The Labute approximate surface area is 130 Å². The van der Waals surface area contributed by atoms with Crippen LogP contribution in [0.25, 0.3) is 0 Å². The van der Waals surface area contributed by atoms with Crippen molar-refractivity contribution in [2.45, 2.75) is 64.8 Å². The van der Waals surface area contributed by atoms with Crippen LogP contribution in [0.3, 0.4) is 0 Å². The van der Waals surface area contributed by atoms with Crippen LogP contribution >= 0.6 is 0 Å². The van der Waals surface area contributed by atoms with Crippen LogP contribution in [-0.4, -0.2) is 19.2 Å². The van der Waals surface area contributed by atoms with Crippen LogP contribution in [0.5, 0.6) is 5.75 Å². The molecule has 21 heavy (non-hydrogen) atoms. The predicted molar refractivity (Wildman–Crippen MR) is 90.1 cm³/mol. The molecule has 0 radical (unpaired) electrons. The molecule has 0 heterocycles. The maximum Gasteiger partial charge on any atom is 0.119 e. The number of nitrogens with one attached hydrogen (secondary N) is 1. The number of ether oxygens (including phenoxy) is 1. The van der Waals surface area contributed by atoms with E-state index < -0.39 is 0 Å². The zero-order valence-electron chi connectivity index (χ0n) is 14.1. The molecule has 0 amide bonds. The number of benzene rings is 1. The van der Waals surface area contributed by atoms with E-state index in [1.165, 1.54) is 31.2 Å². The zero-order valence-corrected chi connectivity index (χ0v) is 14.1. The topological polar surface area (TPSA) is 21.3 Å². The van der Waals surface area contributed by atoms with Crippen molar-refractivity contribution in [1.29, 1.82) is 0 Å². The Kier molecular flexibility index (Phi) is 5.69. The average molecular weight is 289 g/mol. The molecular weight excluding hydrogens is 258 g/mol. The van der Waals surface area contributed by atoms with Gasteiger partial charge < -0.3 is 10.1 Å². The Hall–Kier alpha value is -1.02. The third-order valence-corrected chi connectivity index (χ3v) is 4.71. The minimum Gasteiger partial charge on any atom is -0.493 e. The lowest BCUT2D eigenvalue weighted by atomic mass is 9.75. The van der Waals surface area contributed by atoms with Crippen molar-refractivity contribution in [3.8, 4) is 5.75 Å². The molecule has 0 unspecified atom stereocenters. The molecule has 1 aliphatic carbocycles. The molecule has 2 nitrogen and oxygen atoms in total. The largest absolute Gasteiger partial charge is 0.493 e. The molecule has 1 aromatic rings. The van der Waals surface area contributed by atoms with Crippen molar-refractivity contribution in [1.82, 2.24) is 5.32 Å². The molecule has 1 aromatic carbocycles. The minimum atomic E-state index is 0.263. The van der Waals surface area contributed by atoms with Crippen LogP contribution in [0, 0.1) is 5.92 Å². The van der Waals surface area contributed by atoms with E-state index in [0.717, 1.165) is 24.9 Å². The Morgan fingerprint density at radius 1 is 1.14 bits per heavy atom. The SMILES string of the molecule is CCC(CC)(CNC1CC1)c1ccc(OCC(C)C)cc1. The van der Waals surface area contributed by atoms with Gasteiger partial charge in [0.15, 0.2) is 0 Å². The Balaban J connectivity index is 2.04. The van der Waals surface area contributed by atoms with Gasteiger partial charge in [0.2, 0.25) is 0 Å². The van der Waals surface area contributed by atoms with Gasteiger partial charge in [0.1, 0.15) is 5.75 Å². The summed E-state index contributed by atoms with van der Waals surface area (Å²) in [5, 5.41) is 3.72. The highest BCUT2D eigenvalue weighted by atomic mass is 16.5. The third-order valence-electron chi connectivity index (χ3n) is 4.71. The normalized spacial score (nSPS) is 15.5. The number of hydrogen-bond donors (Lipinski definition) is 1. The Bertz CT molecular complexity index is 416. The van der Waals surface area contributed by atoms with Gasteiger partial charge in [-0.1, -0.05) is 39.8 Å². The van der Waals surface area contributed by atoms with E-state index in [0.29, 0.717) is 5.92 Å². The maximum absolute atomic E-state index is 5.79. The summed E-state index contributed by atoms with van der Waals surface area (Å²) in [6.45, 7) is 10.9. The van der Waals surface area contributed by atoms with Crippen molar-refractivity contribution < 1.29 is 4.74 Å². The van der Waals surface area contributed by atoms with E-state index in [1.807, 2.05) is 0 Å². The van der Waals surface area contributed by atoms with E-state index in [9.17, 15) is 0 Å². The average Bonchev–Trinajstić information content (AvgIpc) is 3.32. The van der Waals surface area contributed by atoms with Gasteiger partial charge in [-0.2, -0.15) is 0 Å². The van der Waals surface area contributed by atoms with Gasteiger partial charge in [0, 0.05) is 18.0 Å². The molecule has 1 aliphatic rings. The maximum atomic E-state index is 5.79. The fourth-order valence-corrected chi connectivity index (χ4v) is 2.81. The minimum absolute atomic E-state index is 0.263. The summed E-state index contributed by atoms with van der Waals surface area (Å²) >= 11 is 0. The van der Waals surface area contributed by atoms with Crippen molar-refractivity contribution in [2.24, 2.45) is 5.92 Å². The van der Waals surface area contributed by atoms with Gasteiger partial charge in [0.25, 0.3) is 0 Å². The molecule has 0 aromatic heterocycles. The van der Waals surface area contributed by atoms with Gasteiger partial charge in [-0.3, -0.25) is 0 Å². The highest BCUT2D eigenvalue weighted by Crippen LogP contribution is 2.33. The van der Waals surface area contributed by atoms with Gasteiger partial charge in [-0.25, -0.2) is 0 Å². The molecule has 1 fully saturated rings. The third kappa shape index (κ3) is 4.47. The monoisotopic (exact) mass is 289 g/mol. The molecule has 2 rings (SSSR count). The summed E-state index contributed by atoms with van der Waals surface area (Å²) < 4.78 is 5.79. The second-order valence-corrected chi connectivity index (χ2v) is 6.87. The quantitative estimate of drug-likeness (QED) is 0.721. The summed E-state index contributed by atoms with van der Waals surface area (Å²) in [4.78, 5) is 0. The number of hydrogen-bond acceptors (Lipinski definition) is 2. The van der Waals surface area contributed by atoms with Crippen molar-refractivity contribution in [3.63, 3.8) is 0 Å². The molecule has 0 saturated heterocycles. The predicted octanol–water partition coefficient (Wildman–Crippen LogP) is 4.53. The van der Waals surface area contributed by atoms with E-state index >= 15 is 0 Å². The first kappa shape index (κ1) is 16.4. The summed E-state index contributed by atoms with van der Waals surface area (Å²) in [6, 6.07) is 9.56. The van der Waals surface area contributed by atoms with Crippen molar-refractivity contribution in [3.05, 3.63) is 29.8 Å². The van der Waals surface area contributed by atoms with E-state index in [-0.39, 0.29) is 5.41 Å². The summed E-state index contributed by atoms with van der Waals surface area (Å²) in [5.41, 5.74) is 1.71. The molecule has 0 atom stereocenters. The lowest BCUT2D eigenvalue weighted by molar-refractivity contribution is 0.270. The summed E-state index contributed by atoms with van der Waals surface area (Å²) in [5.74, 6) is 1.56. The zero-order chi connectivity index (χ0) is 15.3. The van der Waals surface area contributed by atoms with E-state index in [4.69, 9.17) is 4.74 Å². The first-order valence-corrected chi connectivity index (χ1v) is 8.56. The van der Waals surface area contributed by atoms with Crippen LogP contribution in [0.15, 0.2) is 24.3 Å². The fourth-order valence-electron chi connectivity index (χ4n) is 2.81. The highest BCUT2D eigenvalue weighted by molar-refractivity contribution is 5.33. The highest BCUT2D eigenvalue weighted by Gasteiger charge is 2.31. The fraction of sp³-hybridized carbons (Fsp3) is 0.684. The lowest BCUT2D eigenvalue weighted by Gasteiger charge is -2.33. The van der Waals surface area contributed by atoms with E-state index in [2.05, 4.69) is 57.3 Å². The van der Waals surface area contributed by atoms with Crippen LogP contribution in [0.4, 0.5) is 0 Å². The van der Waals surface area contributed by atoms with Crippen LogP contribution in [0.1, 0.15) is 58.9 Å². The molecule has 1 N–H and O–H groups in total. The second kappa shape index (κ2) is 7.31. The standard InChI is InChI=1S/C19H31NO/c1-5-19(6-2,14-20-17-9-10-17)16-7-11-18(12-8-16)21-13-15(3)4/h7-8,11-12,15,17,20H,5-6,9-10,13-14H2,1-4H3. The van der Waals surface area contributed by atoms with Gasteiger partial charge in [-0.15, -0.1) is 0 Å². The molecule has 1 saturated carbocycles. The Morgan fingerprint density at radius 3 is 2.24 bits per heavy atom. The molecule has 0 aliphatic heterocycles. The lowest BCUT2D eigenvalue weighted by Crippen LogP contribution is -2.38. The molecule has 2 heteroatoms. The summed E-state index contributed by atoms with van der Waals surface area (Å²) in [6.07, 6.45) is 5.06. The van der Waals surface area contributed by atoms with Crippen LogP contribution in [0.2, 0.25) is 0 Å². The number of rotatable bonds is 9. The molecular formula is C19H31NO. The first-order chi connectivity index (χ1) is 10.1. The van der Waals surface area contributed by atoms with Gasteiger partial charge in [0.05, 0.1) is 6.61 Å². The van der Waals surface area contributed by atoms with Crippen molar-refractivity contribution in [2.75, 3.05) is 13.2 Å². The Morgan fingerprint density at radius 2 is 1.76 bits per heavy atom. The first-order valence-electron chi connectivity index (χ1n) is 8.56. The molecule has 0 spiro atoms. The van der Waals surface area contributed by atoms with Crippen molar-refractivity contribution >= 4 is 0 Å². The molecule has 118 valence electrons. The van der Waals surface area contributed by atoms with E-state index in [1.54, 1.807) is 0 Å².